The van der Waals surface area contributed by atoms with Crippen molar-refractivity contribution < 1.29 is 19.4 Å². The molecular formula is C25H26N2O4. The lowest BCUT2D eigenvalue weighted by atomic mass is 10.0. The number of pyridine rings is 1. The molecule has 1 aliphatic rings. The fourth-order valence-electron chi connectivity index (χ4n) is 3.54. The number of hydrogen-bond acceptors (Lipinski definition) is 5. The van der Waals surface area contributed by atoms with Crippen LogP contribution < -0.4 is 4.74 Å². The summed E-state index contributed by atoms with van der Waals surface area (Å²) in [4.78, 5) is 18.4. The van der Waals surface area contributed by atoms with E-state index in [0.29, 0.717) is 25.3 Å². The van der Waals surface area contributed by atoms with Crippen LogP contribution in [0.15, 0.2) is 73.1 Å². The molecule has 1 aliphatic heterocycles. The summed E-state index contributed by atoms with van der Waals surface area (Å²) in [6.07, 6.45) is 4.67. The van der Waals surface area contributed by atoms with Crippen LogP contribution >= 0.6 is 0 Å². The van der Waals surface area contributed by atoms with Crippen molar-refractivity contribution in [2.24, 2.45) is 0 Å². The fraction of sp³-hybridized carbons (Fsp3) is 0.280. The van der Waals surface area contributed by atoms with Crippen molar-refractivity contribution in [1.82, 2.24) is 9.88 Å². The van der Waals surface area contributed by atoms with Crippen molar-refractivity contribution in [1.29, 1.82) is 0 Å². The Balaban J connectivity index is 1.31. The van der Waals surface area contributed by atoms with Gasteiger partial charge in [0.25, 0.3) is 0 Å². The molecule has 0 radical (unpaired) electrons. The van der Waals surface area contributed by atoms with Crippen molar-refractivity contribution in [3.63, 3.8) is 0 Å². The van der Waals surface area contributed by atoms with Gasteiger partial charge in [0.05, 0.1) is 12.2 Å². The summed E-state index contributed by atoms with van der Waals surface area (Å²) in [7, 11) is 0. The first-order valence-corrected chi connectivity index (χ1v) is 10.5. The zero-order valence-electron chi connectivity index (χ0n) is 17.3. The van der Waals surface area contributed by atoms with Crippen LogP contribution in [0.2, 0.25) is 0 Å². The van der Waals surface area contributed by atoms with E-state index in [1.165, 1.54) is 0 Å². The maximum atomic E-state index is 12.4. The molecule has 31 heavy (non-hydrogen) atoms. The molecule has 2 aromatic carbocycles. The van der Waals surface area contributed by atoms with E-state index in [1.807, 2.05) is 60.7 Å². The molecule has 0 unspecified atom stereocenters. The van der Waals surface area contributed by atoms with E-state index in [9.17, 15) is 4.79 Å². The Morgan fingerprint density at radius 2 is 1.87 bits per heavy atom. The van der Waals surface area contributed by atoms with E-state index in [0.717, 1.165) is 28.7 Å². The van der Waals surface area contributed by atoms with Crippen molar-refractivity contribution in [3.8, 4) is 16.9 Å². The highest BCUT2D eigenvalue weighted by Crippen LogP contribution is 2.25. The molecule has 3 aromatic rings. The predicted octanol–water partition coefficient (Wildman–Crippen LogP) is 4.07. The van der Waals surface area contributed by atoms with E-state index in [2.05, 4.69) is 4.98 Å². The number of aromatic nitrogens is 1. The van der Waals surface area contributed by atoms with Gasteiger partial charge in [-0.1, -0.05) is 54.6 Å². The zero-order chi connectivity index (χ0) is 21.5. The summed E-state index contributed by atoms with van der Waals surface area (Å²) < 4.78 is 11.4. The number of hydrogen-bond donors (Lipinski definition) is 1. The van der Waals surface area contributed by atoms with E-state index >= 15 is 0 Å². The van der Waals surface area contributed by atoms with Gasteiger partial charge < -0.3 is 19.5 Å². The Hall–Kier alpha value is -3.38. The molecule has 1 saturated heterocycles. The standard InChI is InChI=1S/C25H26N2O4/c28-12-10-19-7-4-8-21(13-19)22-14-24(16-26-15-22)30-18-23-9-11-27(23)25(29)31-17-20-5-2-1-3-6-20/h1-8,13-16,23,28H,9-12,17-18H2/t23-/m0/s1. The van der Waals surface area contributed by atoms with Gasteiger partial charge in [-0.25, -0.2) is 4.79 Å². The molecule has 0 aliphatic carbocycles. The van der Waals surface area contributed by atoms with Gasteiger partial charge in [-0.3, -0.25) is 4.98 Å². The minimum Gasteiger partial charge on any atom is -0.490 e. The molecule has 1 fully saturated rings. The second kappa shape index (κ2) is 10.1. The SMILES string of the molecule is O=C(OCc1ccccc1)N1CC[C@H]1COc1cncc(-c2cccc(CCO)c2)c1. The second-order valence-electron chi connectivity index (χ2n) is 7.57. The molecule has 1 N–H and O–H groups in total. The van der Waals surface area contributed by atoms with E-state index in [1.54, 1.807) is 17.3 Å². The van der Waals surface area contributed by atoms with Crippen LogP contribution in [0.25, 0.3) is 11.1 Å². The van der Waals surface area contributed by atoms with E-state index in [-0.39, 0.29) is 25.3 Å². The highest BCUT2D eigenvalue weighted by atomic mass is 16.6. The molecule has 2 heterocycles. The summed E-state index contributed by atoms with van der Waals surface area (Å²) in [6.45, 7) is 1.47. The Labute approximate surface area is 182 Å². The van der Waals surface area contributed by atoms with Crippen molar-refractivity contribution in [3.05, 3.63) is 84.2 Å². The largest absolute Gasteiger partial charge is 0.490 e. The van der Waals surface area contributed by atoms with Gasteiger partial charge in [-0.05, 0) is 35.6 Å². The third-order valence-corrected chi connectivity index (χ3v) is 5.40. The van der Waals surface area contributed by atoms with Gasteiger partial charge in [-0.15, -0.1) is 0 Å². The lowest BCUT2D eigenvalue weighted by Crippen LogP contribution is -2.54. The van der Waals surface area contributed by atoms with E-state index in [4.69, 9.17) is 14.6 Å². The summed E-state index contributed by atoms with van der Waals surface area (Å²) in [5, 5.41) is 9.16. The predicted molar refractivity (Wildman–Crippen MR) is 118 cm³/mol. The highest BCUT2D eigenvalue weighted by molar-refractivity contribution is 5.69. The number of likely N-dealkylation sites (tertiary alicyclic amines) is 1. The molecule has 1 amide bonds. The Morgan fingerprint density at radius 1 is 1.03 bits per heavy atom. The van der Waals surface area contributed by atoms with Crippen LogP contribution in [0.3, 0.4) is 0 Å². The molecule has 160 valence electrons. The minimum atomic E-state index is -0.309. The normalized spacial score (nSPS) is 15.3. The number of aliphatic hydroxyl groups excluding tert-OH is 1. The lowest BCUT2D eigenvalue weighted by Gasteiger charge is -2.39. The first-order chi connectivity index (χ1) is 15.2. The molecule has 6 heteroatoms. The highest BCUT2D eigenvalue weighted by Gasteiger charge is 2.34. The monoisotopic (exact) mass is 418 g/mol. The number of carbonyl (C=O) groups is 1. The van der Waals surface area contributed by atoms with Crippen LogP contribution in [0, 0.1) is 0 Å². The first kappa shape index (κ1) is 20.9. The van der Waals surface area contributed by atoms with E-state index < -0.39 is 0 Å². The summed E-state index contributed by atoms with van der Waals surface area (Å²) in [6, 6.07) is 19.6. The van der Waals surface area contributed by atoms with Crippen LogP contribution in [0.4, 0.5) is 4.79 Å². The Morgan fingerprint density at radius 3 is 2.65 bits per heavy atom. The smallest absolute Gasteiger partial charge is 0.410 e. The average molecular weight is 418 g/mol. The maximum absolute atomic E-state index is 12.4. The lowest BCUT2D eigenvalue weighted by molar-refractivity contribution is 0.0259. The van der Waals surface area contributed by atoms with Crippen LogP contribution in [0.5, 0.6) is 5.75 Å². The molecule has 0 bridgehead atoms. The Kier molecular flexibility index (Phi) is 6.79. The number of rotatable bonds is 8. The number of benzene rings is 2. The van der Waals surface area contributed by atoms with Gasteiger partial charge in [-0.2, -0.15) is 0 Å². The number of carbonyl (C=O) groups excluding carboxylic acids is 1. The second-order valence-corrected chi connectivity index (χ2v) is 7.57. The van der Waals surface area contributed by atoms with Gasteiger partial charge in [0, 0.05) is 24.9 Å². The van der Waals surface area contributed by atoms with Gasteiger partial charge >= 0.3 is 6.09 Å². The average Bonchev–Trinajstić information content (AvgIpc) is 2.78. The summed E-state index contributed by atoms with van der Waals surface area (Å²) >= 11 is 0. The van der Waals surface area contributed by atoms with Crippen LogP contribution in [-0.4, -0.2) is 46.9 Å². The molecule has 1 aromatic heterocycles. The summed E-state index contributed by atoms with van der Waals surface area (Å²) in [5.74, 6) is 0.662. The topological polar surface area (TPSA) is 71.9 Å². The Bertz CT molecular complexity index is 1010. The number of nitrogens with zero attached hydrogens (tertiary/aromatic N) is 2. The van der Waals surface area contributed by atoms with Crippen LogP contribution in [-0.2, 0) is 17.8 Å². The number of amides is 1. The summed E-state index contributed by atoms with van der Waals surface area (Å²) in [5.41, 5.74) is 4.02. The third kappa shape index (κ3) is 5.41. The molecule has 6 nitrogen and oxygen atoms in total. The third-order valence-electron chi connectivity index (χ3n) is 5.40. The molecule has 0 saturated carbocycles. The van der Waals surface area contributed by atoms with Crippen molar-refractivity contribution >= 4 is 6.09 Å². The molecule has 4 rings (SSSR count). The zero-order valence-corrected chi connectivity index (χ0v) is 17.3. The fourth-order valence-corrected chi connectivity index (χ4v) is 3.54. The van der Waals surface area contributed by atoms with Crippen molar-refractivity contribution in [2.45, 2.75) is 25.5 Å². The maximum Gasteiger partial charge on any atom is 0.410 e. The number of aliphatic hydroxyl groups is 1. The van der Waals surface area contributed by atoms with Crippen molar-refractivity contribution in [2.75, 3.05) is 19.8 Å². The van der Waals surface area contributed by atoms with Gasteiger partial charge in [0.1, 0.15) is 19.0 Å². The number of ether oxygens (including phenoxy) is 2. The van der Waals surface area contributed by atoms with Gasteiger partial charge in [0.15, 0.2) is 0 Å². The molecule has 0 spiro atoms. The minimum absolute atomic E-state index is 0.000174. The molecule has 1 atom stereocenters. The first-order valence-electron chi connectivity index (χ1n) is 10.5. The molecular weight excluding hydrogens is 392 g/mol. The van der Waals surface area contributed by atoms with Gasteiger partial charge in [0.2, 0.25) is 0 Å². The quantitative estimate of drug-likeness (QED) is 0.597. The van der Waals surface area contributed by atoms with Crippen LogP contribution in [0.1, 0.15) is 17.5 Å².